The topological polar surface area (TPSA) is 75.3 Å². The molecule has 1 atom stereocenters. The number of aromatic nitrogens is 3. The SMILES string of the molecule is COC(CCCCCN1CCCC(Nc2ncnc3[nH]cc(C)c23)C1)OC. The van der Waals surface area contributed by atoms with E-state index in [0.717, 1.165) is 42.8 Å². The lowest BCUT2D eigenvalue weighted by atomic mass is 10.0. The van der Waals surface area contributed by atoms with Crippen molar-refractivity contribution in [1.82, 2.24) is 19.9 Å². The molecule has 0 saturated carbocycles. The van der Waals surface area contributed by atoms with Crippen molar-refractivity contribution in [3.8, 4) is 0 Å². The number of piperidine rings is 1. The molecule has 7 heteroatoms. The maximum absolute atomic E-state index is 5.25. The molecule has 0 aromatic carbocycles. The Morgan fingerprint density at radius 1 is 1.26 bits per heavy atom. The van der Waals surface area contributed by atoms with E-state index in [-0.39, 0.29) is 6.29 Å². The molecule has 1 unspecified atom stereocenters. The second-order valence-corrected chi connectivity index (χ2v) is 7.45. The minimum atomic E-state index is -0.0600. The number of methoxy groups -OCH3 is 2. The van der Waals surface area contributed by atoms with E-state index in [4.69, 9.17) is 9.47 Å². The van der Waals surface area contributed by atoms with Crippen LogP contribution in [-0.2, 0) is 9.47 Å². The smallest absolute Gasteiger partial charge is 0.156 e. The summed E-state index contributed by atoms with van der Waals surface area (Å²) in [5, 5.41) is 4.78. The fourth-order valence-corrected chi connectivity index (χ4v) is 3.95. The molecule has 0 spiro atoms. The zero-order valence-corrected chi connectivity index (χ0v) is 16.8. The monoisotopic (exact) mass is 375 g/mol. The summed E-state index contributed by atoms with van der Waals surface area (Å²) in [5.41, 5.74) is 2.09. The fraction of sp³-hybridized carbons (Fsp3) is 0.700. The molecule has 0 aliphatic carbocycles. The molecule has 2 aromatic rings. The molecular formula is C20H33N5O2. The van der Waals surface area contributed by atoms with Gasteiger partial charge in [-0.2, -0.15) is 0 Å². The number of likely N-dealkylation sites (tertiary alicyclic amines) is 1. The van der Waals surface area contributed by atoms with Crippen LogP contribution in [0.5, 0.6) is 0 Å². The van der Waals surface area contributed by atoms with Crippen LogP contribution in [0.3, 0.4) is 0 Å². The van der Waals surface area contributed by atoms with Crippen LogP contribution in [0.25, 0.3) is 11.0 Å². The van der Waals surface area contributed by atoms with E-state index in [1.165, 1.54) is 37.8 Å². The van der Waals surface area contributed by atoms with Crippen LogP contribution in [0, 0.1) is 6.92 Å². The minimum Gasteiger partial charge on any atom is -0.365 e. The summed E-state index contributed by atoms with van der Waals surface area (Å²) in [6.07, 6.45) is 10.5. The molecule has 150 valence electrons. The third-order valence-corrected chi connectivity index (χ3v) is 5.45. The molecule has 1 saturated heterocycles. The van der Waals surface area contributed by atoms with E-state index in [0.29, 0.717) is 6.04 Å². The summed E-state index contributed by atoms with van der Waals surface area (Å²) in [7, 11) is 3.41. The maximum Gasteiger partial charge on any atom is 0.156 e. The van der Waals surface area contributed by atoms with Crippen molar-refractivity contribution in [2.45, 2.75) is 57.8 Å². The van der Waals surface area contributed by atoms with Crippen molar-refractivity contribution < 1.29 is 9.47 Å². The second-order valence-electron chi connectivity index (χ2n) is 7.45. The van der Waals surface area contributed by atoms with Crippen molar-refractivity contribution >= 4 is 16.9 Å². The molecule has 0 amide bonds. The van der Waals surface area contributed by atoms with E-state index < -0.39 is 0 Å². The van der Waals surface area contributed by atoms with E-state index in [2.05, 4.69) is 32.1 Å². The van der Waals surface area contributed by atoms with Gasteiger partial charge < -0.3 is 24.7 Å². The highest BCUT2D eigenvalue weighted by Crippen LogP contribution is 2.24. The molecule has 0 radical (unpaired) electrons. The van der Waals surface area contributed by atoms with Gasteiger partial charge in [0.05, 0.1) is 5.39 Å². The number of fused-ring (bicyclic) bond motifs is 1. The molecule has 0 bridgehead atoms. The first-order chi connectivity index (χ1) is 13.2. The Kier molecular flexibility index (Phi) is 7.43. The van der Waals surface area contributed by atoms with E-state index in [1.807, 2.05) is 6.20 Å². The number of nitrogens with one attached hydrogen (secondary N) is 2. The molecular weight excluding hydrogens is 342 g/mol. The number of nitrogens with zero attached hydrogens (tertiary/aromatic N) is 3. The summed E-state index contributed by atoms with van der Waals surface area (Å²) in [4.78, 5) is 14.6. The second kappa shape index (κ2) is 10.0. The van der Waals surface area contributed by atoms with Gasteiger partial charge in [-0.3, -0.25) is 0 Å². The number of aryl methyl sites for hydroxylation is 1. The number of hydrogen-bond acceptors (Lipinski definition) is 6. The third-order valence-electron chi connectivity index (χ3n) is 5.45. The van der Waals surface area contributed by atoms with Crippen LogP contribution in [0.2, 0.25) is 0 Å². The fourth-order valence-electron chi connectivity index (χ4n) is 3.95. The van der Waals surface area contributed by atoms with Gasteiger partial charge in [-0.15, -0.1) is 0 Å². The van der Waals surface area contributed by atoms with E-state index >= 15 is 0 Å². The lowest BCUT2D eigenvalue weighted by molar-refractivity contribution is -0.107. The quantitative estimate of drug-likeness (QED) is 0.490. The number of unbranched alkanes of at least 4 members (excludes halogenated alkanes) is 2. The Labute approximate surface area is 161 Å². The maximum atomic E-state index is 5.25. The van der Waals surface area contributed by atoms with Crippen molar-refractivity contribution in [2.75, 3.05) is 39.2 Å². The number of anilines is 1. The lowest BCUT2D eigenvalue weighted by Crippen LogP contribution is -2.42. The highest BCUT2D eigenvalue weighted by Gasteiger charge is 2.21. The highest BCUT2D eigenvalue weighted by molar-refractivity contribution is 5.90. The van der Waals surface area contributed by atoms with Gasteiger partial charge in [0.15, 0.2) is 6.29 Å². The van der Waals surface area contributed by atoms with Crippen LogP contribution in [0.15, 0.2) is 12.5 Å². The summed E-state index contributed by atoms with van der Waals surface area (Å²) < 4.78 is 10.5. The molecule has 1 aliphatic rings. The van der Waals surface area contributed by atoms with Crippen LogP contribution in [0.1, 0.15) is 44.1 Å². The van der Waals surface area contributed by atoms with Crippen LogP contribution in [-0.4, -0.2) is 66.0 Å². The van der Waals surface area contributed by atoms with Crippen molar-refractivity contribution in [3.63, 3.8) is 0 Å². The molecule has 27 heavy (non-hydrogen) atoms. The van der Waals surface area contributed by atoms with Crippen molar-refractivity contribution in [1.29, 1.82) is 0 Å². The number of hydrogen-bond donors (Lipinski definition) is 2. The number of H-pyrrole nitrogens is 1. The van der Waals surface area contributed by atoms with Gasteiger partial charge in [0.1, 0.15) is 17.8 Å². The van der Waals surface area contributed by atoms with Crippen LogP contribution >= 0.6 is 0 Å². The van der Waals surface area contributed by atoms with Gasteiger partial charge >= 0.3 is 0 Å². The largest absolute Gasteiger partial charge is 0.365 e. The third kappa shape index (κ3) is 5.40. The molecule has 1 fully saturated rings. The van der Waals surface area contributed by atoms with Gasteiger partial charge in [0.25, 0.3) is 0 Å². The number of aromatic amines is 1. The Balaban J connectivity index is 1.45. The van der Waals surface area contributed by atoms with E-state index in [9.17, 15) is 0 Å². The number of ether oxygens (including phenoxy) is 2. The summed E-state index contributed by atoms with van der Waals surface area (Å²) >= 11 is 0. The Hall–Kier alpha value is -1.70. The molecule has 7 nitrogen and oxygen atoms in total. The molecule has 2 N–H and O–H groups in total. The standard InChI is InChI=1S/C20H33N5O2/c1-15-12-21-19-18(15)20(23-14-22-19)24-16-8-7-11-25(13-16)10-6-4-5-9-17(26-2)27-3/h12,14,16-17H,4-11,13H2,1-3H3,(H2,21,22,23,24). The van der Waals surface area contributed by atoms with Gasteiger partial charge in [0, 0.05) is 33.0 Å². The van der Waals surface area contributed by atoms with Crippen molar-refractivity contribution in [2.24, 2.45) is 0 Å². The van der Waals surface area contributed by atoms with Gasteiger partial charge in [-0.1, -0.05) is 6.42 Å². The summed E-state index contributed by atoms with van der Waals surface area (Å²) in [6.45, 7) is 5.52. The minimum absolute atomic E-state index is 0.0600. The van der Waals surface area contributed by atoms with E-state index in [1.54, 1.807) is 20.5 Å². The summed E-state index contributed by atoms with van der Waals surface area (Å²) in [6, 6.07) is 0.442. The zero-order chi connectivity index (χ0) is 19.1. The van der Waals surface area contributed by atoms with Crippen molar-refractivity contribution in [3.05, 3.63) is 18.1 Å². The Bertz CT molecular complexity index is 701. The highest BCUT2D eigenvalue weighted by atomic mass is 16.7. The predicted octanol–water partition coefficient (Wildman–Crippen LogP) is 3.32. The van der Waals surface area contributed by atoms with Crippen LogP contribution < -0.4 is 5.32 Å². The number of rotatable bonds is 10. The Morgan fingerprint density at radius 3 is 2.93 bits per heavy atom. The first-order valence-electron chi connectivity index (χ1n) is 10.0. The average molecular weight is 376 g/mol. The summed E-state index contributed by atoms with van der Waals surface area (Å²) in [5.74, 6) is 0.954. The Morgan fingerprint density at radius 2 is 2.11 bits per heavy atom. The lowest BCUT2D eigenvalue weighted by Gasteiger charge is -2.33. The molecule has 3 heterocycles. The van der Waals surface area contributed by atoms with Gasteiger partial charge in [0.2, 0.25) is 0 Å². The first-order valence-corrected chi connectivity index (χ1v) is 10.0. The molecule has 2 aromatic heterocycles. The molecule has 3 rings (SSSR count). The molecule has 1 aliphatic heterocycles. The first kappa shape index (κ1) is 20.0. The van der Waals surface area contributed by atoms with Crippen LogP contribution in [0.4, 0.5) is 5.82 Å². The average Bonchev–Trinajstić information content (AvgIpc) is 3.07. The predicted molar refractivity (Wildman–Crippen MR) is 108 cm³/mol. The van der Waals surface area contributed by atoms with Gasteiger partial charge in [-0.05, 0) is 57.7 Å². The van der Waals surface area contributed by atoms with Gasteiger partial charge in [-0.25, -0.2) is 9.97 Å². The zero-order valence-electron chi connectivity index (χ0n) is 16.8. The normalized spacial score (nSPS) is 18.4.